The molecule has 1 aromatic rings. The van der Waals surface area contributed by atoms with Crippen LogP contribution in [0.2, 0.25) is 0 Å². The van der Waals surface area contributed by atoms with Crippen molar-refractivity contribution < 1.29 is 14.3 Å². The Labute approximate surface area is 127 Å². The van der Waals surface area contributed by atoms with Crippen LogP contribution in [0.3, 0.4) is 0 Å². The number of hydrogen-bond acceptors (Lipinski definition) is 4. The lowest BCUT2D eigenvalue weighted by Crippen LogP contribution is -2.31. The first-order chi connectivity index (χ1) is 10.0. The number of likely N-dealkylation sites (N-methyl/N-ethyl adjacent to an activating group) is 1. The van der Waals surface area contributed by atoms with Gasteiger partial charge in [0.05, 0.1) is 7.11 Å². The molecular weight excluding hydrogens is 268 g/mol. The predicted molar refractivity (Wildman–Crippen MR) is 83.9 cm³/mol. The van der Waals surface area contributed by atoms with Crippen LogP contribution in [0, 0.1) is 0 Å². The third kappa shape index (κ3) is 4.93. The quantitative estimate of drug-likeness (QED) is 0.799. The maximum Gasteiger partial charge on any atom is 0.260 e. The van der Waals surface area contributed by atoms with E-state index in [-0.39, 0.29) is 18.6 Å². The lowest BCUT2D eigenvalue weighted by atomic mass is 10.1. The second-order valence-electron chi connectivity index (χ2n) is 4.89. The van der Waals surface area contributed by atoms with Crippen molar-refractivity contribution in [1.29, 1.82) is 0 Å². The SMILES string of the molecule is CCNC(C)c1ccc(OCC(=O)N(C)CC)c(OC)c1. The molecular formula is C16H26N2O3. The van der Waals surface area contributed by atoms with E-state index in [1.165, 1.54) is 0 Å². The van der Waals surface area contributed by atoms with Crippen molar-refractivity contribution in [3.8, 4) is 11.5 Å². The number of carbonyl (C=O) groups is 1. The molecule has 0 radical (unpaired) electrons. The normalized spacial score (nSPS) is 11.9. The number of nitrogens with zero attached hydrogens (tertiary/aromatic N) is 1. The molecule has 0 aliphatic heterocycles. The number of rotatable bonds is 8. The summed E-state index contributed by atoms with van der Waals surface area (Å²) in [5, 5.41) is 3.35. The monoisotopic (exact) mass is 294 g/mol. The molecule has 0 aliphatic rings. The maximum atomic E-state index is 11.8. The number of ether oxygens (including phenoxy) is 2. The van der Waals surface area contributed by atoms with Gasteiger partial charge in [0.15, 0.2) is 18.1 Å². The number of amides is 1. The van der Waals surface area contributed by atoms with Crippen molar-refractivity contribution in [3.63, 3.8) is 0 Å². The number of carbonyl (C=O) groups excluding carboxylic acids is 1. The minimum absolute atomic E-state index is 0.0167. The smallest absolute Gasteiger partial charge is 0.260 e. The average Bonchev–Trinajstić information content (AvgIpc) is 2.51. The van der Waals surface area contributed by atoms with Gasteiger partial charge in [0.25, 0.3) is 5.91 Å². The zero-order valence-electron chi connectivity index (χ0n) is 13.6. The molecule has 21 heavy (non-hydrogen) atoms. The summed E-state index contributed by atoms with van der Waals surface area (Å²) < 4.78 is 10.9. The summed E-state index contributed by atoms with van der Waals surface area (Å²) in [4.78, 5) is 13.4. The Balaban J connectivity index is 2.77. The molecule has 1 rings (SSSR count). The third-order valence-electron chi connectivity index (χ3n) is 3.45. The second-order valence-corrected chi connectivity index (χ2v) is 4.89. The lowest BCUT2D eigenvalue weighted by molar-refractivity contribution is -0.131. The second kappa shape index (κ2) is 8.52. The Morgan fingerprint density at radius 3 is 2.62 bits per heavy atom. The molecule has 0 bridgehead atoms. The van der Waals surface area contributed by atoms with Crippen molar-refractivity contribution in [2.75, 3.05) is 33.9 Å². The zero-order valence-corrected chi connectivity index (χ0v) is 13.6. The Morgan fingerprint density at radius 1 is 1.33 bits per heavy atom. The topological polar surface area (TPSA) is 50.8 Å². The molecule has 1 N–H and O–H groups in total. The van der Waals surface area contributed by atoms with Gasteiger partial charge in [-0.1, -0.05) is 13.0 Å². The van der Waals surface area contributed by atoms with E-state index in [2.05, 4.69) is 19.2 Å². The predicted octanol–water partition coefficient (Wildman–Crippen LogP) is 2.22. The van der Waals surface area contributed by atoms with Gasteiger partial charge in [0.1, 0.15) is 0 Å². The van der Waals surface area contributed by atoms with Gasteiger partial charge in [-0.3, -0.25) is 4.79 Å². The molecule has 1 atom stereocenters. The molecule has 1 aromatic carbocycles. The van der Waals surface area contributed by atoms with Crippen LogP contribution < -0.4 is 14.8 Å². The highest BCUT2D eigenvalue weighted by molar-refractivity contribution is 5.77. The lowest BCUT2D eigenvalue weighted by Gasteiger charge is -2.18. The minimum atomic E-state index is -0.0513. The van der Waals surface area contributed by atoms with Crippen LogP contribution in [0.1, 0.15) is 32.4 Å². The average molecular weight is 294 g/mol. The number of hydrogen-bond donors (Lipinski definition) is 1. The minimum Gasteiger partial charge on any atom is -0.493 e. The van der Waals surface area contributed by atoms with Gasteiger partial charge in [-0.05, 0) is 38.1 Å². The summed E-state index contributed by atoms with van der Waals surface area (Å²) >= 11 is 0. The van der Waals surface area contributed by atoms with Crippen LogP contribution in [0.4, 0.5) is 0 Å². The number of benzene rings is 1. The summed E-state index contributed by atoms with van der Waals surface area (Å²) in [7, 11) is 3.36. The molecule has 1 amide bonds. The van der Waals surface area contributed by atoms with Gasteiger partial charge in [0, 0.05) is 19.6 Å². The summed E-state index contributed by atoms with van der Waals surface area (Å²) in [6, 6.07) is 6.02. The van der Waals surface area contributed by atoms with Crippen molar-refractivity contribution in [2.24, 2.45) is 0 Å². The fraction of sp³-hybridized carbons (Fsp3) is 0.562. The Bertz CT molecular complexity index is 463. The van der Waals surface area contributed by atoms with Crippen LogP contribution >= 0.6 is 0 Å². The summed E-state index contributed by atoms with van der Waals surface area (Å²) in [6.07, 6.45) is 0. The molecule has 0 aromatic heterocycles. The molecule has 0 spiro atoms. The standard InChI is InChI=1S/C16H26N2O3/c1-6-17-12(3)13-8-9-14(15(10-13)20-5)21-11-16(19)18(4)7-2/h8-10,12,17H,6-7,11H2,1-5H3. The fourth-order valence-corrected chi connectivity index (χ4v) is 1.92. The molecule has 5 nitrogen and oxygen atoms in total. The molecule has 0 aliphatic carbocycles. The van der Waals surface area contributed by atoms with Crippen LogP contribution in [-0.2, 0) is 4.79 Å². The first kappa shape index (κ1) is 17.3. The van der Waals surface area contributed by atoms with E-state index in [1.54, 1.807) is 19.1 Å². The molecule has 0 saturated carbocycles. The molecule has 118 valence electrons. The van der Waals surface area contributed by atoms with Gasteiger partial charge in [0.2, 0.25) is 0 Å². The number of nitrogens with one attached hydrogen (secondary N) is 1. The van der Waals surface area contributed by atoms with Gasteiger partial charge < -0.3 is 19.7 Å². The first-order valence-electron chi connectivity index (χ1n) is 7.31. The Morgan fingerprint density at radius 2 is 2.05 bits per heavy atom. The van der Waals surface area contributed by atoms with Gasteiger partial charge in [-0.2, -0.15) is 0 Å². The van der Waals surface area contributed by atoms with Crippen LogP contribution in [0.25, 0.3) is 0 Å². The summed E-state index contributed by atoms with van der Waals surface area (Å²) in [5.74, 6) is 1.18. The first-order valence-corrected chi connectivity index (χ1v) is 7.31. The molecule has 1 unspecified atom stereocenters. The van der Waals surface area contributed by atoms with Crippen molar-refractivity contribution in [3.05, 3.63) is 23.8 Å². The van der Waals surface area contributed by atoms with E-state index in [0.717, 1.165) is 12.1 Å². The maximum absolute atomic E-state index is 11.8. The van der Waals surface area contributed by atoms with E-state index in [4.69, 9.17) is 9.47 Å². The van der Waals surface area contributed by atoms with E-state index in [0.29, 0.717) is 18.0 Å². The molecule has 0 fully saturated rings. The summed E-state index contributed by atoms with van der Waals surface area (Å²) in [6.45, 7) is 7.68. The zero-order chi connectivity index (χ0) is 15.8. The van der Waals surface area contributed by atoms with Crippen molar-refractivity contribution >= 4 is 5.91 Å². The van der Waals surface area contributed by atoms with E-state index < -0.39 is 0 Å². The van der Waals surface area contributed by atoms with Crippen LogP contribution in [0.15, 0.2) is 18.2 Å². The number of methoxy groups -OCH3 is 1. The van der Waals surface area contributed by atoms with Crippen LogP contribution in [0.5, 0.6) is 11.5 Å². The summed E-state index contributed by atoms with van der Waals surface area (Å²) in [5.41, 5.74) is 1.12. The van der Waals surface area contributed by atoms with E-state index >= 15 is 0 Å². The Kier molecular flexibility index (Phi) is 7.02. The van der Waals surface area contributed by atoms with E-state index in [1.807, 2.05) is 25.1 Å². The van der Waals surface area contributed by atoms with E-state index in [9.17, 15) is 4.79 Å². The van der Waals surface area contributed by atoms with Gasteiger partial charge in [-0.15, -0.1) is 0 Å². The third-order valence-corrected chi connectivity index (χ3v) is 3.45. The largest absolute Gasteiger partial charge is 0.493 e. The molecule has 0 heterocycles. The fourth-order valence-electron chi connectivity index (χ4n) is 1.92. The van der Waals surface area contributed by atoms with Gasteiger partial charge >= 0.3 is 0 Å². The van der Waals surface area contributed by atoms with Crippen molar-refractivity contribution in [1.82, 2.24) is 10.2 Å². The molecule has 0 saturated heterocycles. The van der Waals surface area contributed by atoms with Crippen LogP contribution in [-0.4, -0.2) is 44.7 Å². The highest BCUT2D eigenvalue weighted by Gasteiger charge is 2.12. The van der Waals surface area contributed by atoms with Crippen molar-refractivity contribution in [2.45, 2.75) is 26.8 Å². The highest BCUT2D eigenvalue weighted by Crippen LogP contribution is 2.30. The molecule has 5 heteroatoms. The van der Waals surface area contributed by atoms with Gasteiger partial charge in [-0.25, -0.2) is 0 Å². The Hall–Kier alpha value is -1.75. The highest BCUT2D eigenvalue weighted by atomic mass is 16.5.